The maximum Gasteiger partial charge on any atom is 0.220 e. The zero-order valence-electron chi connectivity index (χ0n) is 15.9. The molecule has 0 saturated carbocycles. The van der Waals surface area contributed by atoms with Crippen LogP contribution in [0.5, 0.6) is 17.2 Å². The molecule has 0 spiro atoms. The molecule has 0 aliphatic carbocycles. The van der Waals surface area contributed by atoms with Gasteiger partial charge in [0.1, 0.15) is 26.9 Å². The molecule has 1 aliphatic heterocycles. The number of benzene rings is 1. The summed E-state index contributed by atoms with van der Waals surface area (Å²) in [7, 11) is 3.27. The second kappa shape index (κ2) is 8.30. The first-order valence-electron chi connectivity index (χ1n) is 9.05. The van der Waals surface area contributed by atoms with Crippen LogP contribution in [0.4, 0.5) is 0 Å². The van der Waals surface area contributed by atoms with Crippen molar-refractivity contribution in [2.24, 2.45) is 4.99 Å². The molecule has 3 heterocycles. The summed E-state index contributed by atoms with van der Waals surface area (Å²) in [5.74, 6) is 2.02. The Hall–Kier alpha value is -2.78. The van der Waals surface area contributed by atoms with Gasteiger partial charge in [-0.15, -0.1) is 0 Å². The van der Waals surface area contributed by atoms with Crippen molar-refractivity contribution in [2.45, 2.75) is 11.7 Å². The second-order valence-corrected chi connectivity index (χ2v) is 8.26. The van der Waals surface area contributed by atoms with Gasteiger partial charge in [-0.1, -0.05) is 24.0 Å². The molecule has 1 aliphatic rings. The molecule has 1 atom stereocenters. The van der Waals surface area contributed by atoms with Crippen molar-refractivity contribution < 1.29 is 14.3 Å². The molecule has 150 valence electrons. The lowest BCUT2D eigenvalue weighted by Gasteiger charge is -2.08. The number of nitrogens with one attached hydrogen (secondary N) is 3. The summed E-state index contributed by atoms with van der Waals surface area (Å²) in [6.07, 6.45) is 2.17. The van der Waals surface area contributed by atoms with Gasteiger partial charge in [0.25, 0.3) is 0 Å². The van der Waals surface area contributed by atoms with Gasteiger partial charge in [-0.3, -0.25) is 9.79 Å². The first-order chi connectivity index (χ1) is 14.1. The Balaban J connectivity index is 1.59. The fourth-order valence-electron chi connectivity index (χ4n) is 3.10. The van der Waals surface area contributed by atoms with E-state index in [-0.39, 0.29) is 11.2 Å². The number of amides is 1. The highest BCUT2D eigenvalue weighted by molar-refractivity contribution is 8.15. The number of aromatic amines is 2. The summed E-state index contributed by atoms with van der Waals surface area (Å²) in [5.41, 5.74) is 1.78. The highest BCUT2D eigenvalue weighted by Gasteiger charge is 2.24. The van der Waals surface area contributed by atoms with Gasteiger partial charge in [-0.25, -0.2) is 0 Å². The van der Waals surface area contributed by atoms with E-state index in [0.717, 1.165) is 21.6 Å². The Labute approximate surface area is 176 Å². The Morgan fingerprint density at radius 3 is 2.93 bits per heavy atom. The predicted molar refractivity (Wildman–Crippen MR) is 118 cm³/mol. The molecule has 0 bridgehead atoms. The molecule has 0 radical (unpaired) electrons. The summed E-state index contributed by atoms with van der Waals surface area (Å²) in [5, 5.41) is 4.67. The van der Waals surface area contributed by atoms with Crippen molar-refractivity contribution >= 4 is 45.8 Å². The Kier molecular flexibility index (Phi) is 5.59. The van der Waals surface area contributed by atoms with Crippen molar-refractivity contribution in [3.05, 3.63) is 46.9 Å². The third-order valence-corrected chi connectivity index (χ3v) is 5.99. The maximum atomic E-state index is 11.6. The number of nitrogens with zero attached hydrogens (tertiary/aromatic N) is 1. The Bertz CT molecular complexity index is 1130. The van der Waals surface area contributed by atoms with Crippen LogP contribution in [0.15, 0.2) is 41.5 Å². The zero-order chi connectivity index (χ0) is 20.4. The number of thioether (sulfide) groups is 1. The van der Waals surface area contributed by atoms with Gasteiger partial charge in [0.15, 0.2) is 0 Å². The number of hydrogen-bond acceptors (Lipinski definition) is 6. The lowest BCUT2D eigenvalue weighted by Crippen LogP contribution is -2.22. The van der Waals surface area contributed by atoms with Gasteiger partial charge in [0, 0.05) is 36.4 Å². The van der Waals surface area contributed by atoms with E-state index in [9.17, 15) is 4.79 Å². The van der Waals surface area contributed by atoms with Crippen LogP contribution in [0.1, 0.15) is 12.1 Å². The molecule has 1 aromatic carbocycles. The van der Waals surface area contributed by atoms with E-state index in [0.29, 0.717) is 34.9 Å². The van der Waals surface area contributed by atoms with Gasteiger partial charge in [-0.05, 0) is 24.3 Å². The summed E-state index contributed by atoms with van der Waals surface area (Å²) in [6.45, 7) is 0.629. The topological polar surface area (TPSA) is 91.5 Å². The SMILES string of the molecule is CNC(=O)CC1CN=C(c2cc3cc(Oc4ccc(=S)[nH]c4)cc(OC)c3[nH]2)S1. The molecule has 29 heavy (non-hydrogen) atoms. The first-order valence-corrected chi connectivity index (χ1v) is 10.3. The van der Waals surface area contributed by atoms with E-state index in [1.54, 1.807) is 38.2 Å². The largest absolute Gasteiger partial charge is 0.494 e. The first kappa shape index (κ1) is 19.5. The number of rotatable bonds is 6. The van der Waals surface area contributed by atoms with Gasteiger partial charge < -0.3 is 24.8 Å². The number of aromatic nitrogens is 2. The molecular formula is C20H20N4O3S2. The smallest absolute Gasteiger partial charge is 0.220 e. The minimum absolute atomic E-state index is 0.0281. The van der Waals surface area contributed by atoms with Crippen LogP contribution < -0.4 is 14.8 Å². The molecule has 2 aromatic heterocycles. The number of carbonyl (C=O) groups excluding carboxylic acids is 1. The fraction of sp³-hybridized carbons (Fsp3) is 0.250. The number of H-pyrrole nitrogens is 2. The quantitative estimate of drug-likeness (QED) is 0.516. The normalized spacial score (nSPS) is 15.9. The van der Waals surface area contributed by atoms with E-state index < -0.39 is 0 Å². The average Bonchev–Trinajstić information content (AvgIpc) is 3.35. The van der Waals surface area contributed by atoms with Crippen molar-refractivity contribution in [3.63, 3.8) is 0 Å². The average molecular weight is 429 g/mol. The van der Waals surface area contributed by atoms with Gasteiger partial charge in [-0.2, -0.15) is 0 Å². The van der Waals surface area contributed by atoms with Gasteiger partial charge >= 0.3 is 0 Å². The molecule has 7 nitrogen and oxygen atoms in total. The highest BCUT2D eigenvalue weighted by atomic mass is 32.2. The minimum atomic E-state index is 0.0281. The number of hydrogen-bond donors (Lipinski definition) is 3. The number of pyridine rings is 1. The molecule has 0 saturated heterocycles. The molecule has 1 unspecified atom stereocenters. The molecule has 4 rings (SSSR count). The number of fused-ring (bicyclic) bond motifs is 1. The van der Waals surface area contributed by atoms with E-state index in [1.807, 2.05) is 24.3 Å². The number of carbonyl (C=O) groups is 1. The molecule has 9 heteroatoms. The summed E-state index contributed by atoms with van der Waals surface area (Å²) in [6, 6.07) is 9.40. The van der Waals surface area contributed by atoms with Crippen molar-refractivity contribution in [1.82, 2.24) is 15.3 Å². The molecule has 3 aromatic rings. The van der Waals surface area contributed by atoms with Crippen LogP contribution in [0.3, 0.4) is 0 Å². The monoisotopic (exact) mass is 428 g/mol. The van der Waals surface area contributed by atoms with Crippen molar-refractivity contribution in [1.29, 1.82) is 0 Å². The van der Waals surface area contributed by atoms with Crippen LogP contribution in [-0.2, 0) is 4.79 Å². The van der Waals surface area contributed by atoms with Crippen LogP contribution in [0, 0.1) is 4.64 Å². The second-order valence-electron chi connectivity index (χ2n) is 6.53. The Morgan fingerprint density at radius 1 is 1.34 bits per heavy atom. The summed E-state index contributed by atoms with van der Waals surface area (Å²) < 4.78 is 12.1. The van der Waals surface area contributed by atoms with Crippen molar-refractivity contribution in [3.8, 4) is 17.2 Å². The number of methoxy groups -OCH3 is 1. The third-order valence-electron chi connectivity index (χ3n) is 4.52. The maximum absolute atomic E-state index is 11.6. The summed E-state index contributed by atoms with van der Waals surface area (Å²) in [4.78, 5) is 22.6. The number of aliphatic imine (C=N–C) groups is 1. The third kappa shape index (κ3) is 4.30. The summed E-state index contributed by atoms with van der Waals surface area (Å²) >= 11 is 6.68. The molecule has 1 amide bonds. The van der Waals surface area contributed by atoms with E-state index in [1.165, 1.54) is 0 Å². The Morgan fingerprint density at radius 2 is 2.21 bits per heavy atom. The highest BCUT2D eigenvalue weighted by Crippen LogP contribution is 2.35. The molecule has 3 N–H and O–H groups in total. The minimum Gasteiger partial charge on any atom is -0.494 e. The predicted octanol–water partition coefficient (Wildman–Crippen LogP) is 4.02. The van der Waals surface area contributed by atoms with Crippen LogP contribution in [0.2, 0.25) is 0 Å². The van der Waals surface area contributed by atoms with Gasteiger partial charge in [0.05, 0.1) is 24.9 Å². The standard InChI is InChI=1S/C20H20N4O3S2/c1-21-17(25)8-14-10-23-20(29-14)15-6-11-5-13(7-16(26-2)19(11)24-15)27-12-3-4-18(28)22-9-12/h3-7,9,14,24H,8,10H2,1-2H3,(H,21,25)(H,22,28). The van der Waals surface area contributed by atoms with E-state index in [4.69, 9.17) is 21.7 Å². The lowest BCUT2D eigenvalue weighted by molar-refractivity contribution is -0.120. The van der Waals surface area contributed by atoms with Crippen LogP contribution in [0.25, 0.3) is 10.9 Å². The number of ether oxygens (including phenoxy) is 2. The molecular weight excluding hydrogens is 408 g/mol. The van der Waals surface area contributed by atoms with E-state index in [2.05, 4.69) is 20.3 Å². The van der Waals surface area contributed by atoms with Crippen molar-refractivity contribution in [2.75, 3.05) is 20.7 Å². The molecule has 0 fully saturated rings. The fourth-order valence-corrected chi connectivity index (χ4v) is 4.31. The zero-order valence-corrected chi connectivity index (χ0v) is 17.6. The van der Waals surface area contributed by atoms with Crippen LogP contribution in [-0.4, -0.2) is 46.9 Å². The van der Waals surface area contributed by atoms with E-state index >= 15 is 0 Å². The van der Waals surface area contributed by atoms with Gasteiger partial charge in [0.2, 0.25) is 5.91 Å². The van der Waals surface area contributed by atoms with Crippen LogP contribution >= 0.6 is 24.0 Å². The lowest BCUT2D eigenvalue weighted by atomic mass is 10.2.